The number of nitrogens with zero attached hydrogens (tertiary/aromatic N) is 1. The molecule has 100 valence electrons. The van der Waals surface area contributed by atoms with Crippen molar-refractivity contribution in [2.24, 2.45) is 11.3 Å². The first-order valence-electron chi connectivity index (χ1n) is 7.08. The van der Waals surface area contributed by atoms with Gasteiger partial charge in [0, 0.05) is 18.5 Å². The quantitative estimate of drug-likeness (QED) is 0.721. The second kappa shape index (κ2) is 4.70. The van der Waals surface area contributed by atoms with E-state index in [9.17, 15) is 0 Å². The normalized spacial score (nSPS) is 29.8. The molecule has 0 aromatic heterocycles. The van der Waals surface area contributed by atoms with E-state index < -0.39 is 0 Å². The summed E-state index contributed by atoms with van der Waals surface area (Å²) in [6.07, 6.45) is 0. The third-order valence-electron chi connectivity index (χ3n) is 4.79. The van der Waals surface area contributed by atoms with Crippen molar-refractivity contribution in [1.82, 2.24) is 4.90 Å². The number of benzene rings is 1. The summed E-state index contributed by atoms with van der Waals surface area (Å²) < 4.78 is 0. The molecule has 2 rings (SSSR count). The lowest BCUT2D eigenvalue weighted by molar-refractivity contribution is 0.226. The Morgan fingerprint density at radius 1 is 1.17 bits per heavy atom. The Labute approximate surface area is 112 Å². The zero-order valence-electron chi connectivity index (χ0n) is 12.7. The standard InChI is InChI=1S/C17H27N/c1-12-9-7-8-10-14(12)16-13(2)18(6)11-15(16)17(3,4)5/h7-10,13,15-16H,11H2,1-6H3. The van der Waals surface area contributed by atoms with E-state index in [4.69, 9.17) is 0 Å². The monoisotopic (exact) mass is 245 g/mol. The number of rotatable bonds is 1. The molecule has 1 aromatic rings. The zero-order valence-corrected chi connectivity index (χ0v) is 12.7. The molecule has 1 aliphatic heterocycles. The van der Waals surface area contributed by atoms with Crippen molar-refractivity contribution in [3.05, 3.63) is 35.4 Å². The van der Waals surface area contributed by atoms with Gasteiger partial charge in [-0.1, -0.05) is 45.0 Å². The summed E-state index contributed by atoms with van der Waals surface area (Å²) in [6.45, 7) is 13.0. The van der Waals surface area contributed by atoms with Crippen LogP contribution in [0.5, 0.6) is 0 Å². The maximum absolute atomic E-state index is 2.52. The van der Waals surface area contributed by atoms with E-state index in [2.05, 4.69) is 70.8 Å². The second-order valence-electron chi connectivity index (χ2n) is 7.04. The third-order valence-corrected chi connectivity index (χ3v) is 4.79. The molecule has 1 saturated heterocycles. The summed E-state index contributed by atoms with van der Waals surface area (Å²) in [7, 11) is 2.27. The van der Waals surface area contributed by atoms with Crippen LogP contribution in [0.4, 0.5) is 0 Å². The van der Waals surface area contributed by atoms with Crippen LogP contribution >= 0.6 is 0 Å². The van der Waals surface area contributed by atoms with E-state index >= 15 is 0 Å². The van der Waals surface area contributed by atoms with Gasteiger partial charge >= 0.3 is 0 Å². The minimum absolute atomic E-state index is 0.367. The summed E-state index contributed by atoms with van der Waals surface area (Å²) in [4.78, 5) is 2.52. The van der Waals surface area contributed by atoms with Crippen LogP contribution in [0.3, 0.4) is 0 Å². The predicted octanol–water partition coefficient (Wildman–Crippen LogP) is 4.07. The smallest absolute Gasteiger partial charge is 0.0136 e. The SMILES string of the molecule is Cc1ccccc1C1C(C)N(C)CC1C(C)(C)C. The topological polar surface area (TPSA) is 3.24 Å². The van der Waals surface area contributed by atoms with Crippen molar-refractivity contribution in [3.8, 4) is 0 Å². The molecule has 1 heteroatoms. The number of hydrogen-bond donors (Lipinski definition) is 0. The van der Waals surface area contributed by atoms with Crippen LogP contribution in [0.1, 0.15) is 44.7 Å². The molecule has 1 aliphatic rings. The highest BCUT2D eigenvalue weighted by atomic mass is 15.2. The molecule has 1 aromatic carbocycles. The largest absolute Gasteiger partial charge is 0.303 e. The van der Waals surface area contributed by atoms with Gasteiger partial charge < -0.3 is 4.90 Å². The van der Waals surface area contributed by atoms with Gasteiger partial charge in [0.15, 0.2) is 0 Å². The first kappa shape index (κ1) is 13.6. The van der Waals surface area contributed by atoms with Crippen molar-refractivity contribution in [3.63, 3.8) is 0 Å². The van der Waals surface area contributed by atoms with E-state index in [1.165, 1.54) is 12.1 Å². The van der Waals surface area contributed by atoms with Gasteiger partial charge in [-0.3, -0.25) is 0 Å². The van der Waals surface area contributed by atoms with Crippen LogP contribution < -0.4 is 0 Å². The number of aryl methyl sites for hydroxylation is 1. The van der Waals surface area contributed by atoms with Crippen molar-refractivity contribution in [2.45, 2.75) is 46.6 Å². The lowest BCUT2D eigenvalue weighted by Gasteiger charge is -2.33. The Morgan fingerprint density at radius 3 is 2.33 bits per heavy atom. The van der Waals surface area contributed by atoms with Crippen molar-refractivity contribution in [2.75, 3.05) is 13.6 Å². The molecule has 0 spiro atoms. The molecule has 0 saturated carbocycles. The van der Waals surface area contributed by atoms with Gasteiger partial charge in [-0.05, 0) is 43.4 Å². The van der Waals surface area contributed by atoms with Crippen molar-refractivity contribution < 1.29 is 0 Å². The van der Waals surface area contributed by atoms with Crippen molar-refractivity contribution in [1.29, 1.82) is 0 Å². The third kappa shape index (κ3) is 2.33. The molecule has 1 nitrogen and oxygen atoms in total. The summed E-state index contributed by atoms with van der Waals surface area (Å²) >= 11 is 0. The van der Waals surface area contributed by atoms with E-state index in [1.54, 1.807) is 5.56 Å². The molecular weight excluding hydrogens is 218 g/mol. The molecule has 0 aliphatic carbocycles. The molecule has 0 bridgehead atoms. The Balaban J connectivity index is 2.42. The van der Waals surface area contributed by atoms with Crippen LogP contribution in [0.2, 0.25) is 0 Å². The van der Waals surface area contributed by atoms with Gasteiger partial charge in [0.25, 0.3) is 0 Å². The van der Waals surface area contributed by atoms with Crippen LogP contribution in [0.15, 0.2) is 24.3 Å². The van der Waals surface area contributed by atoms with Gasteiger partial charge in [0.2, 0.25) is 0 Å². The van der Waals surface area contributed by atoms with E-state index in [-0.39, 0.29) is 0 Å². The predicted molar refractivity (Wildman–Crippen MR) is 79.0 cm³/mol. The lowest BCUT2D eigenvalue weighted by atomic mass is 9.70. The molecule has 1 heterocycles. The van der Waals surface area contributed by atoms with Crippen LogP contribution in [0, 0.1) is 18.3 Å². The van der Waals surface area contributed by atoms with Crippen LogP contribution in [0.25, 0.3) is 0 Å². The molecule has 1 fully saturated rings. The highest BCUT2D eigenvalue weighted by Gasteiger charge is 2.43. The Morgan fingerprint density at radius 2 is 1.78 bits per heavy atom. The summed E-state index contributed by atoms with van der Waals surface area (Å²) in [6, 6.07) is 9.55. The lowest BCUT2D eigenvalue weighted by Crippen LogP contribution is -2.28. The summed E-state index contributed by atoms with van der Waals surface area (Å²) in [5.41, 5.74) is 3.36. The summed E-state index contributed by atoms with van der Waals surface area (Å²) in [5.74, 6) is 1.40. The highest BCUT2D eigenvalue weighted by Crippen LogP contribution is 2.46. The maximum Gasteiger partial charge on any atom is 0.0136 e. The van der Waals surface area contributed by atoms with Crippen LogP contribution in [-0.4, -0.2) is 24.5 Å². The molecule has 0 N–H and O–H groups in total. The molecule has 0 radical (unpaired) electrons. The fraction of sp³-hybridized carbons (Fsp3) is 0.647. The van der Waals surface area contributed by atoms with Gasteiger partial charge in [-0.15, -0.1) is 0 Å². The molecule has 3 atom stereocenters. The Hall–Kier alpha value is -0.820. The molecule has 0 amide bonds. The number of likely N-dealkylation sites (tertiary alicyclic amines) is 1. The first-order chi connectivity index (χ1) is 8.32. The van der Waals surface area contributed by atoms with Crippen molar-refractivity contribution >= 4 is 0 Å². The average molecular weight is 245 g/mol. The van der Waals surface area contributed by atoms with E-state index in [0.29, 0.717) is 17.4 Å². The minimum atomic E-state index is 0.367. The fourth-order valence-corrected chi connectivity index (χ4v) is 3.45. The fourth-order valence-electron chi connectivity index (χ4n) is 3.45. The van der Waals surface area contributed by atoms with Gasteiger partial charge in [0.05, 0.1) is 0 Å². The summed E-state index contributed by atoms with van der Waals surface area (Å²) in [5, 5.41) is 0. The zero-order chi connectivity index (χ0) is 13.5. The average Bonchev–Trinajstić information content (AvgIpc) is 2.57. The van der Waals surface area contributed by atoms with Gasteiger partial charge in [-0.25, -0.2) is 0 Å². The van der Waals surface area contributed by atoms with E-state index in [1.807, 2.05) is 0 Å². The number of hydrogen-bond acceptors (Lipinski definition) is 1. The second-order valence-corrected chi connectivity index (χ2v) is 7.04. The first-order valence-corrected chi connectivity index (χ1v) is 7.08. The van der Waals surface area contributed by atoms with Gasteiger partial charge in [-0.2, -0.15) is 0 Å². The highest BCUT2D eigenvalue weighted by molar-refractivity contribution is 5.32. The minimum Gasteiger partial charge on any atom is -0.303 e. The Bertz CT molecular complexity index is 416. The maximum atomic E-state index is 2.52. The van der Waals surface area contributed by atoms with Gasteiger partial charge in [0.1, 0.15) is 0 Å². The number of likely N-dealkylation sites (N-methyl/N-ethyl adjacent to an activating group) is 1. The molecule has 3 unspecified atom stereocenters. The Kier molecular flexibility index (Phi) is 3.55. The molecular formula is C17H27N. The molecule has 18 heavy (non-hydrogen) atoms. The van der Waals surface area contributed by atoms with E-state index in [0.717, 1.165) is 5.92 Å². The van der Waals surface area contributed by atoms with Crippen LogP contribution in [-0.2, 0) is 0 Å².